The maximum absolute atomic E-state index is 11.3. The average molecular weight is 529 g/mol. The first-order valence-electron chi connectivity index (χ1n) is 13.6. The molecule has 38 heavy (non-hydrogen) atoms. The quantitative estimate of drug-likeness (QED) is 0.622. The van der Waals surface area contributed by atoms with E-state index in [4.69, 9.17) is 18.9 Å². The number of carboxylic acid groups (broad SMARTS) is 1. The van der Waals surface area contributed by atoms with E-state index in [9.17, 15) is 9.90 Å². The molecule has 0 bridgehead atoms. The Morgan fingerprint density at radius 2 is 1.39 bits per heavy atom. The van der Waals surface area contributed by atoms with Crippen LogP contribution in [0.2, 0.25) is 0 Å². The van der Waals surface area contributed by atoms with Crippen LogP contribution in [-0.4, -0.2) is 109 Å². The number of hydrogen-bond acceptors (Lipinski definition) is 9. The van der Waals surface area contributed by atoms with E-state index in [2.05, 4.69) is 19.8 Å². The summed E-state index contributed by atoms with van der Waals surface area (Å²) in [5, 5.41) is 9.28. The predicted octanol–water partition coefficient (Wildman–Crippen LogP) is 2.48. The number of aromatic nitrogens is 2. The number of nitrogens with zero attached hydrogens (tertiary/aromatic N) is 4. The summed E-state index contributed by atoms with van der Waals surface area (Å²) in [4.78, 5) is 24.6. The van der Waals surface area contributed by atoms with Crippen molar-refractivity contribution >= 4 is 5.97 Å². The molecule has 2 aromatic heterocycles. The number of rotatable bonds is 5. The Morgan fingerprint density at radius 1 is 0.789 bits per heavy atom. The van der Waals surface area contributed by atoms with Crippen molar-refractivity contribution in [1.29, 1.82) is 0 Å². The van der Waals surface area contributed by atoms with Gasteiger partial charge in [-0.1, -0.05) is 12.1 Å². The van der Waals surface area contributed by atoms with Gasteiger partial charge in [-0.15, -0.1) is 0 Å². The van der Waals surface area contributed by atoms with Gasteiger partial charge in [-0.25, -0.2) is 9.78 Å². The van der Waals surface area contributed by atoms with Crippen LogP contribution in [0, 0.1) is 0 Å². The van der Waals surface area contributed by atoms with Gasteiger partial charge < -0.3 is 24.1 Å². The molecule has 208 valence electrons. The van der Waals surface area contributed by atoms with E-state index in [0.29, 0.717) is 65.0 Å². The van der Waals surface area contributed by atoms with Gasteiger partial charge in [0.1, 0.15) is 5.69 Å². The molecular weight excluding hydrogens is 488 g/mol. The SMILES string of the molecule is O=C(O)c1cccc(CN2CCOCCOCCN(Cc3ccccn3)CCOC3CCCC3OCC2)n1. The molecule has 0 aromatic carbocycles. The van der Waals surface area contributed by atoms with Gasteiger partial charge in [0.2, 0.25) is 0 Å². The number of aromatic carboxylic acids is 1. The molecular formula is C28H40N4O6. The van der Waals surface area contributed by atoms with Gasteiger partial charge in [-0.05, 0) is 43.5 Å². The molecule has 2 aliphatic rings. The van der Waals surface area contributed by atoms with Crippen molar-refractivity contribution < 1.29 is 28.8 Å². The van der Waals surface area contributed by atoms with Gasteiger partial charge in [-0.2, -0.15) is 0 Å². The molecule has 0 spiro atoms. The highest BCUT2D eigenvalue weighted by atomic mass is 16.5. The Morgan fingerprint density at radius 3 is 2.00 bits per heavy atom. The first-order chi connectivity index (χ1) is 18.7. The maximum atomic E-state index is 11.3. The van der Waals surface area contributed by atoms with Crippen LogP contribution in [-0.2, 0) is 32.0 Å². The fourth-order valence-corrected chi connectivity index (χ4v) is 4.83. The number of ether oxygens (including phenoxy) is 4. The molecule has 2 unspecified atom stereocenters. The van der Waals surface area contributed by atoms with Crippen molar-refractivity contribution in [3.63, 3.8) is 0 Å². The largest absolute Gasteiger partial charge is 0.477 e. The summed E-state index contributed by atoms with van der Waals surface area (Å²) in [6.07, 6.45) is 5.14. The Labute approximate surface area is 224 Å². The first kappa shape index (κ1) is 28.5. The summed E-state index contributed by atoms with van der Waals surface area (Å²) in [6, 6.07) is 11.1. The third-order valence-electron chi connectivity index (χ3n) is 6.87. The Bertz CT molecular complexity index is 965. The molecule has 1 N–H and O–H groups in total. The van der Waals surface area contributed by atoms with Crippen molar-refractivity contribution in [3.05, 3.63) is 59.7 Å². The zero-order valence-corrected chi connectivity index (χ0v) is 22.1. The highest BCUT2D eigenvalue weighted by Gasteiger charge is 2.29. The van der Waals surface area contributed by atoms with Gasteiger partial charge in [-0.3, -0.25) is 14.8 Å². The minimum atomic E-state index is -1.02. The van der Waals surface area contributed by atoms with Crippen LogP contribution in [0.3, 0.4) is 0 Å². The van der Waals surface area contributed by atoms with Crippen molar-refractivity contribution in [2.75, 3.05) is 65.8 Å². The second-order valence-electron chi connectivity index (χ2n) is 9.67. The third-order valence-corrected chi connectivity index (χ3v) is 6.87. The lowest BCUT2D eigenvalue weighted by molar-refractivity contribution is -0.0669. The molecule has 3 heterocycles. The number of hydrogen-bond donors (Lipinski definition) is 1. The molecule has 2 aromatic rings. The van der Waals surface area contributed by atoms with E-state index in [1.165, 1.54) is 6.07 Å². The van der Waals surface area contributed by atoms with E-state index < -0.39 is 5.97 Å². The van der Waals surface area contributed by atoms with Crippen molar-refractivity contribution in [3.8, 4) is 0 Å². The Balaban J connectivity index is 1.33. The summed E-state index contributed by atoms with van der Waals surface area (Å²) in [5.74, 6) is -1.02. The number of carboxylic acids is 1. The highest BCUT2D eigenvalue weighted by Crippen LogP contribution is 2.25. The fraction of sp³-hybridized carbons (Fsp3) is 0.607. The molecule has 1 saturated heterocycles. The van der Waals surface area contributed by atoms with Gasteiger partial charge in [0, 0.05) is 45.5 Å². The van der Waals surface area contributed by atoms with Crippen LogP contribution in [0.25, 0.3) is 0 Å². The second kappa shape index (κ2) is 15.8. The minimum Gasteiger partial charge on any atom is -0.477 e. The van der Waals surface area contributed by atoms with Gasteiger partial charge >= 0.3 is 5.97 Å². The van der Waals surface area contributed by atoms with E-state index in [1.54, 1.807) is 6.07 Å². The second-order valence-corrected chi connectivity index (χ2v) is 9.67. The maximum Gasteiger partial charge on any atom is 0.354 e. The summed E-state index contributed by atoms with van der Waals surface area (Å²) in [7, 11) is 0. The highest BCUT2D eigenvalue weighted by molar-refractivity contribution is 5.85. The van der Waals surface area contributed by atoms with Crippen molar-refractivity contribution in [2.24, 2.45) is 0 Å². The van der Waals surface area contributed by atoms with Crippen LogP contribution in [0.1, 0.15) is 41.1 Å². The normalized spacial score (nSPS) is 23.8. The standard InChI is InChI=1S/C28H40N4O6/c33-28(34)25-7-3-6-24(30-25)22-32-12-16-36-20-19-35-15-11-31(21-23-5-1-2-10-29-23)13-17-37-26-8-4-9-27(26)38-18-14-32/h1-3,5-7,10,26-27H,4,8-9,11-22H2,(H,33,34). The van der Waals surface area contributed by atoms with E-state index in [0.717, 1.165) is 44.6 Å². The minimum absolute atomic E-state index is 0.0538. The van der Waals surface area contributed by atoms with E-state index in [-0.39, 0.29) is 17.9 Å². The molecule has 1 saturated carbocycles. The van der Waals surface area contributed by atoms with Gasteiger partial charge in [0.25, 0.3) is 0 Å². The molecule has 2 fully saturated rings. The lowest BCUT2D eigenvalue weighted by atomic mass is 10.2. The zero-order valence-electron chi connectivity index (χ0n) is 22.1. The molecule has 2 atom stereocenters. The zero-order chi connectivity index (χ0) is 26.4. The number of fused-ring (bicyclic) bond motifs is 1. The molecule has 1 aliphatic heterocycles. The smallest absolute Gasteiger partial charge is 0.354 e. The topological polar surface area (TPSA) is 106 Å². The van der Waals surface area contributed by atoms with Gasteiger partial charge in [0.05, 0.1) is 63.2 Å². The molecule has 0 radical (unpaired) electrons. The molecule has 4 rings (SSSR count). The van der Waals surface area contributed by atoms with Crippen molar-refractivity contribution in [2.45, 2.75) is 44.6 Å². The Hall–Kier alpha value is -2.47. The van der Waals surface area contributed by atoms with E-state index in [1.807, 2.05) is 30.5 Å². The molecule has 1 aliphatic carbocycles. The average Bonchev–Trinajstić information content (AvgIpc) is 3.37. The Kier molecular flexibility index (Phi) is 11.9. The van der Waals surface area contributed by atoms with Gasteiger partial charge in [0.15, 0.2) is 0 Å². The van der Waals surface area contributed by atoms with Crippen LogP contribution in [0.5, 0.6) is 0 Å². The summed E-state index contributed by atoms with van der Waals surface area (Å²) >= 11 is 0. The lowest BCUT2D eigenvalue weighted by Gasteiger charge is -2.27. The lowest BCUT2D eigenvalue weighted by Crippen LogP contribution is -2.36. The predicted molar refractivity (Wildman–Crippen MR) is 141 cm³/mol. The van der Waals surface area contributed by atoms with Crippen LogP contribution >= 0.6 is 0 Å². The van der Waals surface area contributed by atoms with Crippen LogP contribution in [0.15, 0.2) is 42.6 Å². The molecule has 0 amide bonds. The first-order valence-corrected chi connectivity index (χ1v) is 13.6. The molecule has 10 heteroatoms. The summed E-state index contributed by atoms with van der Waals surface area (Å²) in [6.45, 7) is 7.67. The third kappa shape index (κ3) is 9.68. The molecule has 10 nitrogen and oxygen atoms in total. The monoisotopic (exact) mass is 528 g/mol. The van der Waals surface area contributed by atoms with Crippen LogP contribution in [0.4, 0.5) is 0 Å². The van der Waals surface area contributed by atoms with E-state index >= 15 is 0 Å². The summed E-state index contributed by atoms with van der Waals surface area (Å²) < 4.78 is 24.3. The summed E-state index contributed by atoms with van der Waals surface area (Å²) in [5.41, 5.74) is 1.81. The van der Waals surface area contributed by atoms with Crippen molar-refractivity contribution in [1.82, 2.24) is 19.8 Å². The fourth-order valence-electron chi connectivity index (χ4n) is 4.83. The number of pyridine rings is 2. The van der Waals surface area contributed by atoms with Crippen LogP contribution < -0.4 is 0 Å². The number of carbonyl (C=O) groups is 1.